The van der Waals surface area contributed by atoms with Crippen LogP contribution in [-0.4, -0.2) is 94.7 Å². The molecule has 518 valence electrons. The zero-order chi connectivity index (χ0) is 70.7. The lowest BCUT2D eigenvalue weighted by molar-refractivity contribution is 0.122. The monoisotopic (exact) mass is 1320 g/mol. The predicted octanol–water partition coefficient (Wildman–Crippen LogP) is 22.3. The molecule has 9 nitrogen and oxygen atoms in total. The van der Waals surface area contributed by atoms with Crippen molar-refractivity contribution in [2.45, 2.75) is 158 Å². The first kappa shape index (κ1) is 80.6. The SMILES string of the molecule is CC(C)N1CCN(c2ccc(O)cc2)CC1.CC(C)c1ccc(N(C)C)cc1.CC(C)c1ccc(N2CCOCC2)cc1.CC(C)c1ccc2ccccc2c1.CC(C)c1cccc(Cl)c1.CC(C)c1cccc(N)c1.CC(C)c1ccccn1.COc1ccc(C(C)C)cc1. The maximum atomic E-state index is 9.24. The maximum Gasteiger partial charge on any atom is 0.118 e. The van der Waals surface area contributed by atoms with E-state index in [9.17, 15) is 5.11 Å². The van der Waals surface area contributed by atoms with Crippen molar-refractivity contribution in [2.24, 2.45) is 0 Å². The van der Waals surface area contributed by atoms with E-state index < -0.39 is 0 Å². The minimum Gasteiger partial charge on any atom is -0.508 e. The quantitative estimate of drug-likeness (QED) is 0.116. The standard InChI is InChI=1S/C13H20N2O.C13H19NO.C13H14.C11H17N.C10H14O.C9H11Cl.C9H13N.C8H11N/c1-11(2)14-7-9-15(10-8-14)12-3-5-13(16)6-4-12;1-11(2)12-3-5-13(6-4-12)14-7-9-15-10-8-14;1-10(2)12-8-7-11-5-3-4-6-13(11)9-12;1-9(2)10-5-7-11(8-6-10)12(3)4;1-8(2)9-4-6-10(11-3)7-5-9;2*1-7(2)8-4-3-5-9(10)6-8;1-7(2)8-5-3-4-6-9-8/h3-6,11,16H,7-10H2,1-2H3;3-6,11H,7-10H2,1-2H3;3-10H,1-2H3;5-9H,1-4H3;4-8H,1-3H3;3-7H,1-2H3;3-7H,10H2,1-2H3;3-7H,1-2H3. The molecule has 3 heterocycles. The van der Waals surface area contributed by atoms with E-state index in [0.29, 0.717) is 53.2 Å². The minimum atomic E-state index is 0.338. The van der Waals surface area contributed by atoms with E-state index in [1.165, 1.54) is 61.2 Å². The average Bonchev–Trinajstić information content (AvgIpc) is 0.955. The second-order valence-corrected chi connectivity index (χ2v) is 27.7. The van der Waals surface area contributed by atoms with E-state index in [1.54, 1.807) is 19.2 Å². The first-order valence-electron chi connectivity index (χ1n) is 34.9. The van der Waals surface area contributed by atoms with Gasteiger partial charge in [0.1, 0.15) is 11.5 Å². The van der Waals surface area contributed by atoms with Crippen LogP contribution in [0.4, 0.5) is 22.7 Å². The molecule has 0 radical (unpaired) electrons. The van der Waals surface area contributed by atoms with Crippen molar-refractivity contribution in [2.75, 3.05) is 94.1 Å². The first-order valence-corrected chi connectivity index (χ1v) is 35.3. The fourth-order valence-electron chi connectivity index (χ4n) is 10.3. The fraction of sp³-hybridized carbons (Fsp3) is 0.407. The highest BCUT2D eigenvalue weighted by molar-refractivity contribution is 6.30. The number of benzene rings is 8. The highest BCUT2D eigenvalue weighted by atomic mass is 35.5. The molecule has 2 saturated heterocycles. The Morgan fingerprint density at radius 1 is 0.438 bits per heavy atom. The number of hydrogen-bond donors (Lipinski definition) is 2. The summed E-state index contributed by atoms with van der Waals surface area (Å²) in [6, 6.07) is 71.1. The van der Waals surface area contributed by atoms with Crippen LogP contribution in [0.25, 0.3) is 10.8 Å². The molecule has 0 saturated carbocycles. The molecule has 1 aromatic heterocycles. The van der Waals surface area contributed by atoms with Gasteiger partial charge in [-0.2, -0.15) is 0 Å². The highest BCUT2D eigenvalue weighted by Crippen LogP contribution is 2.26. The van der Waals surface area contributed by atoms with Crippen LogP contribution in [0.1, 0.15) is 191 Å². The molecule has 0 aliphatic carbocycles. The summed E-state index contributed by atoms with van der Waals surface area (Å²) in [6.07, 6.45) is 1.83. The normalized spacial score (nSPS) is 12.8. The van der Waals surface area contributed by atoms with Crippen molar-refractivity contribution in [1.82, 2.24) is 9.88 Å². The van der Waals surface area contributed by atoms with Crippen LogP contribution in [0.3, 0.4) is 0 Å². The fourth-order valence-corrected chi connectivity index (χ4v) is 10.5. The Balaban J connectivity index is 0.000000235. The summed E-state index contributed by atoms with van der Waals surface area (Å²) < 4.78 is 10.4. The Morgan fingerprint density at radius 2 is 0.875 bits per heavy atom. The lowest BCUT2D eigenvalue weighted by Gasteiger charge is -2.38. The summed E-state index contributed by atoms with van der Waals surface area (Å²) in [4.78, 5) is 13.5. The van der Waals surface area contributed by atoms with Crippen molar-refractivity contribution < 1.29 is 14.6 Å². The Bertz CT molecular complexity index is 3400. The van der Waals surface area contributed by atoms with Crippen LogP contribution in [0, 0.1) is 0 Å². The third-order valence-electron chi connectivity index (χ3n) is 16.9. The molecule has 9 aromatic rings. The van der Waals surface area contributed by atoms with Crippen molar-refractivity contribution >= 4 is 45.1 Å². The van der Waals surface area contributed by atoms with Crippen LogP contribution >= 0.6 is 11.6 Å². The van der Waals surface area contributed by atoms with E-state index in [1.807, 2.05) is 85.1 Å². The molecular weight excluding hydrogens is 1200 g/mol. The summed E-state index contributed by atoms with van der Waals surface area (Å²) in [5, 5.41) is 12.7. The summed E-state index contributed by atoms with van der Waals surface area (Å²) in [5.41, 5.74) is 19.6. The number of nitrogens with zero attached hydrogens (tertiary/aromatic N) is 5. The van der Waals surface area contributed by atoms with Crippen molar-refractivity contribution in [3.8, 4) is 11.5 Å². The molecule has 0 amide bonds. The number of phenols is 1. The largest absolute Gasteiger partial charge is 0.508 e. The minimum absolute atomic E-state index is 0.338. The summed E-state index contributed by atoms with van der Waals surface area (Å²) in [5.74, 6) is 5.41. The van der Waals surface area contributed by atoms with Crippen LogP contribution < -0.4 is 25.2 Å². The van der Waals surface area contributed by atoms with Crippen LogP contribution in [0.15, 0.2) is 212 Å². The lowest BCUT2D eigenvalue weighted by atomic mass is 9.99. The van der Waals surface area contributed by atoms with Gasteiger partial charge in [-0.15, -0.1) is 0 Å². The molecule has 8 aromatic carbocycles. The van der Waals surface area contributed by atoms with E-state index in [0.717, 1.165) is 74.6 Å². The second kappa shape index (κ2) is 43.4. The van der Waals surface area contributed by atoms with Crippen molar-refractivity contribution in [1.29, 1.82) is 0 Å². The number of pyridine rings is 1. The molecule has 10 heteroatoms. The number of piperazine rings is 1. The number of nitrogens with two attached hydrogens (primary N) is 1. The summed E-state index contributed by atoms with van der Waals surface area (Å²) in [7, 11) is 5.80. The predicted molar refractivity (Wildman–Crippen MR) is 419 cm³/mol. The van der Waals surface area contributed by atoms with E-state index in [-0.39, 0.29) is 0 Å². The Morgan fingerprint density at radius 3 is 1.29 bits per heavy atom. The number of aromatic hydroxyl groups is 1. The number of fused-ring (bicyclic) bond motifs is 1. The maximum absolute atomic E-state index is 9.24. The van der Waals surface area contributed by atoms with E-state index in [2.05, 4.69) is 265 Å². The number of nitrogen functional groups attached to an aromatic ring is 1. The van der Waals surface area contributed by atoms with Gasteiger partial charge in [-0.3, -0.25) is 9.88 Å². The average molecular weight is 1320 g/mol. The molecule has 0 spiro atoms. The number of phenolic OH excluding ortho intramolecular Hbond substituents is 1. The zero-order valence-corrected chi connectivity index (χ0v) is 62.7. The van der Waals surface area contributed by atoms with Crippen molar-refractivity contribution in [3.63, 3.8) is 0 Å². The van der Waals surface area contributed by atoms with Crippen LogP contribution in [0.5, 0.6) is 11.5 Å². The van der Waals surface area contributed by atoms with Gasteiger partial charge in [0, 0.05) is 99.1 Å². The van der Waals surface area contributed by atoms with E-state index in [4.69, 9.17) is 26.8 Å². The van der Waals surface area contributed by atoms with Gasteiger partial charge in [0.15, 0.2) is 0 Å². The van der Waals surface area contributed by atoms with Crippen molar-refractivity contribution in [3.05, 3.63) is 257 Å². The molecule has 2 aliphatic heterocycles. The molecule has 11 rings (SSSR count). The molecule has 96 heavy (non-hydrogen) atoms. The van der Waals surface area contributed by atoms with Gasteiger partial charge < -0.3 is 35.0 Å². The number of aromatic nitrogens is 1. The third-order valence-corrected chi connectivity index (χ3v) is 17.1. The summed E-state index contributed by atoms with van der Waals surface area (Å²) in [6.45, 7) is 43.2. The molecular formula is C86H119ClN6O3. The topological polar surface area (TPSA) is 90.6 Å². The van der Waals surface area contributed by atoms with Gasteiger partial charge in [0.05, 0.1) is 20.3 Å². The molecule has 0 bridgehead atoms. The third kappa shape index (κ3) is 30.1. The van der Waals surface area contributed by atoms with Gasteiger partial charge in [-0.1, -0.05) is 218 Å². The molecule has 2 fully saturated rings. The van der Waals surface area contributed by atoms with Gasteiger partial charge in [0.25, 0.3) is 0 Å². The number of methoxy groups -OCH3 is 1. The Labute approximate surface area is 586 Å². The second-order valence-electron chi connectivity index (χ2n) is 27.3. The molecule has 0 unspecified atom stereocenters. The van der Waals surface area contributed by atoms with E-state index >= 15 is 0 Å². The number of anilines is 4. The number of halogens is 1. The smallest absolute Gasteiger partial charge is 0.118 e. The van der Waals surface area contributed by atoms with Gasteiger partial charge in [-0.05, 0) is 196 Å². The highest BCUT2D eigenvalue weighted by Gasteiger charge is 2.19. The summed E-state index contributed by atoms with van der Waals surface area (Å²) >= 11 is 5.79. The number of morpholine rings is 1. The Hall–Kier alpha value is -7.82. The molecule has 0 atom stereocenters. The van der Waals surface area contributed by atoms with Gasteiger partial charge >= 0.3 is 0 Å². The first-order chi connectivity index (χ1) is 45.8. The van der Waals surface area contributed by atoms with Gasteiger partial charge in [-0.25, -0.2) is 0 Å². The molecule has 3 N–H and O–H groups in total. The van der Waals surface area contributed by atoms with Gasteiger partial charge in [0.2, 0.25) is 0 Å². The Kier molecular flexibility index (Phi) is 36.4. The lowest BCUT2D eigenvalue weighted by Crippen LogP contribution is -2.48. The zero-order valence-electron chi connectivity index (χ0n) is 61.9. The number of rotatable bonds is 12. The number of hydrogen-bond acceptors (Lipinski definition) is 9. The number of ether oxygens (including phenoxy) is 2. The van der Waals surface area contributed by atoms with Crippen LogP contribution in [0.2, 0.25) is 5.02 Å². The van der Waals surface area contributed by atoms with Crippen LogP contribution in [-0.2, 0) is 4.74 Å². The molecule has 2 aliphatic rings.